The minimum absolute atomic E-state index is 0.370. The predicted molar refractivity (Wildman–Crippen MR) is 101 cm³/mol. The van der Waals surface area contributed by atoms with Gasteiger partial charge >= 0.3 is 0 Å². The van der Waals surface area contributed by atoms with Crippen LogP contribution in [0.5, 0.6) is 5.75 Å². The number of hydroxylamine groups is 1. The zero-order chi connectivity index (χ0) is 18.4. The van der Waals surface area contributed by atoms with E-state index >= 15 is 0 Å². The Kier molecular flexibility index (Phi) is 6.04. The van der Waals surface area contributed by atoms with Crippen LogP contribution in [0.15, 0.2) is 48.5 Å². The molecule has 0 aromatic heterocycles. The number of aryl methyl sites for hydroxylation is 1. The van der Waals surface area contributed by atoms with Gasteiger partial charge in [-0.15, -0.1) is 0 Å². The molecule has 1 aliphatic rings. The summed E-state index contributed by atoms with van der Waals surface area (Å²) in [6.45, 7) is 0.912. The van der Waals surface area contributed by atoms with Crippen LogP contribution in [0.3, 0.4) is 0 Å². The highest BCUT2D eigenvalue weighted by Gasteiger charge is 2.21. The molecule has 5 heteroatoms. The molecule has 26 heavy (non-hydrogen) atoms. The van der Waals surface area contributed by atoms with Crippen molar-refractivity contribution in [2.24, 2.45) is 0 Å². The van der Waals surface area contributed by atoms with E-state index in [9.17, 15) is 4.79 Å². The van der Waals surface area contributed by atoms with Crippen molar-refractivity contribution in [3.63, 3.8) is 0 Å². The molecule has 0 saturated carbocycles. The zero-order valence-corrected chi connectivity index (χ0v) is 14.9. The maximum Gasteiger partial charge on any atom is 0.267 e. The van der Waals surface area contributed by atoms with Gasteiger partial charge in [-0.25, -0.2) is 5.48 Å². The molecule has 5 nitrogen and oxygen atoms in total. The second-order valence-corrected chi connectivity index (χ2v) is 6.41. The monoisotopic (exact) mass is 352 g/mol. The Morgan fingerprint density at radius 1 is 1.31 bits per heavy atom. The molecule has 0 heterocycles. The van der Waals surface area contributed by atoms with Crippen LogP contribution < -0.4 is 15.5 Å². The van der Waals surface area contributed by atoms with Crippen molar-refractivity contribution >= 4 is 12.0 Å². The molecule has 3 N–H and O–H groups in total. The van der Waals surface area contributed by atoms with Crippen molar-refractivity contribution in [2.75, 3.05) is 13.7 Å². The molecule has 0 aliphatic heterocycles. The molecule has 136 valence electrons. The number of hydrogen-bond acceptors (Lipinski definition) is 4. The van der Waals surface area contributed by atoms with E-state index in [4.69, 9.17) is 9.94 Å². The number of carbonyl (C=O) groups is 1. The first-order valence-corrected chi connectivity index (χ1v) is 8.81. The minimum Gasteiger partial charge on any atom is -0.497 e. The zero-order valence-electron chi connectivity index (χ0n) is 14.9. The number of rotatable bonds is 7. The van der Waals surface area contributed by atoms with E-state index in [1.807, 2.05) is 18.2 Å². The average molecular weight is 352 g/mol. The van der Waals surface area contributed by atoms with Crippen LogP contribution in [0, 0.1) is 0 Å². The lowest BCUT2D eigenvalue weighted by molar-refractivity contribution is -0.124. The van der Waals surface area contributed by atoms with Gasteiger partial charge in [-0.2, -0.15) is 0 Å². The van der Waals surface area contributed by atoms with Crippen LogP contribution in [0.2, 0.25) is 0 Å². The van der Waals surface area contributed by atoms with Gasteiger partial charge in [0.05, 0.1) is 7.11 Å². The Bertz CT molecular complexity index is 802. The number of ether oxygens (including phenoxy) is 1. The molecule has 1 aliphatic carbocycles. The standard InChI is InChI=1S/C21H24N2O3/c1-26-18-4-2-3-15(14-18)11-12-22-20-9-7-17-13-16(5-8-19(17)20)6-10-21(24)23-25/h2-6,8,10,13-14,20,22,25H,7,9,11-12H2,1H3,(H,23,24)/b10-6+. The van der Waals surface area contributed by atoms with Crippen LogP contribution in [-0.2, 0) is 17.6 Å². The molecule has 2 aromatic rings. The third kappa shape index (κ3) is 4.50. The quantitative estimate of drug-likeness (QED) is 0.407. The van der Waals surface area contributed by atoms with E-state index in [1.165, 1.54) is 22.8 Å². The average Bonchev–Trinajstić information content (AvgIpc) is 3.08. The third-order valence-corrected chi connectivity index (χ3v) is 4.72. The van der Waals surface area contributed by atoms with Gasteiger partial charge < -0.3 is 10.1 Å². The van der Waals surface area contributed by atoms with E-state index in [2.05, 4.69) is 29.6 Å². The molecule has 0 spiro atoms. The first kappa shape index (κ1) is 18.2. The summed E-state index contributed by atoms with van der Waals surface area (Å²) in [6, 6.07) is 14.8. The number of hydrogen-bond donors (Lipinski definition) is 3. The van der Waals surface area contributed by atoms with Crippen LogP contribution in [-0.4, -0.2) is 24.8 Å². The van der Waals surface area contributed by atoms with E-state index in [0.29, 0.717) is 6.04 Å². The highest BCUT2D eigenvalue weighted by molar-refractivity contribution is 5.90. The fourth-order valence-electron chi connectivity index (χ4n) is 3.38. The second kappa shape index (κ2) is 8.65. The largest absolute Gasteiger partial charge is 0.497 e. The summed E-state index contributed by atoms with van der Waals surface area (Å²) in [4.78, 5) is 11.1. The van der Waals surface area contributed by atoms with E-state index in [0.717, 1.165) is 37.1 Å². The van der Waals surface area contributed by atoms with Gasteiger partial charge in [0, 0.05) is 12.1 Å². The molecule has 1 unspecified atom stereocenters. The Labute approximate surface area is 153 Å². The van der Waals surface area contributed by atoms with Crippen molar-refractivity contribution in [3.05, 3.63) is 70.8 Å². The van der Waals surface area contributed by atoms with Crippen LogP contribution in [0.25, 0.3) is 6.08 Å². The predicted octanol–water partition coefficient (Wildman–Crippen LogP) is 3.03. The molecule has 1 atom stereocenters. The van der Waals surface area contributed by atoms with Crippen LogP contribution in [0.4, 0.5) is 0 Å². The van der Waals surface area contributed by atoms with Crippen molar-refractivity contribution in [3.8, 4) is 5.75 Å². The summed E-state index contributed by atoms with van der Waals surface area (Å²) in [6.07, 6.45) is 6.09. The molecular formula is C21H24N2O3. The van der Waals surface area contributed by atoms with Gasteiger partial charge in [-0.1, -0.05) is 30.3 Å². The van der Waals surface area contributed by atoms with Gasteiger partial charge in [0.25, 0.3) is 5.91 Å². The Morgan fingerprint density at radius 2 is 2.19 bits per heavy atom. The molecule has 3 rings (SSSR count). The SMILES string of the molecule is COc1cccc(CCNC2CCc3cc(/C=C/C(=O)NO)ccc32)c1. The maximum atomic E-state index is 11.1. The summed E-state index contributed by atoms with van der Waals surface area (Å²) in [5, 5.41) is 12.2. The van der Waals surface area contributed by atoms with Gasteiger partial charge in [-0.3, -0.25) is 10.0 Å². The van der Waals surface area contributed by atoms with Crippen LogP contribution in [0.1, 0.15) is 34.7 Å². The van der Waals surface area contributed by atoms with Gasteiger partial charge in [0.2, 0.25) is 0 Å². The molecule has 0 radical (unpaired) electrons. The molecule has 2 aromatic carbocycles. The minimum atomic E-state index is -0.525. The number of methoxy groups -OCH3 is 1. The first-order chi connectivity index (χ1) is 12.7. The molecule has 0 bridgehead atoms. The number of fused-ring (bicyclic) bond motifs is 1. The number of amides is 1. The summed E-state index contributed by atoms with van der Waals surface area (Å²) < 4.78 is 5.27. The smallest absolute Gasteiger partial charge is 0.267 e. The Balaban J connectivity index is 1.57. The second-order valence-electron chi connectivity index (χ2n) is 6.41. The molecule has 1 amide bonds. The Hall–Kier alpha value is -2.63. The van der Waals surface area contributed by atoms with Crippen LogP contribution >= 0.6 is 0 Å². The normalized spacial score (nSPS) is 15.8. The highest BCUT2D eigenvalue weighted by atomic mass is 16.5. The summed E-state index contributed by atoms with van der Waals surface area (Å²) in [7, 11) is 1.69. The molecular weight excluding hydrogens is 328 g/mol. The van der Waals surface area contributed by atoms with Crippen molar-refractivity contribution in [1.82, 2.24) is 10.8 Å². The van der Waals surface area contributed by atoms with E-state index < -0.39 is 5.91 Å². The fourth-order valence-corrected chi connectivity index (χ4v) is 3.38. The van der Waals surface area contributed by atoms with E-state index in [-0.39, 0.29) is 0 Å². The van der Waals surface area contributed by atoms with Crippen molar-refractivity contribution in [1.29, 1.82) is 0 Å². The van der Waals surface area contributed by atoms with E-state index in [1.54, 1.807) is 18.7 Å². The fraction of sp³-hybridized carbons (Fsp3) is 0.286. The summed E-state index contributed by atoms with van der Waals surface area (Å²) >= 11 is 0. The summed E-state index contributed by atoms with van der Waals surface area (Å²) in [5.41, 5.74) is 6.47. The summed E-state index contributed by atoms with van der Waals surface area (Å²) in [5.74, 6) is 0.367. The first-order valence-electron chi connectivity index (χ1n) is 8.81. The topological polar surface area (TPSA) is 70.6 Å². The van der Waals surface area contributed by atoms with Crippen molar-refractivity contribution < 1.29 is 14.7 Å². The highest BCUT2D eigenvalue weighted by Crippen LogP contribution is 2.32. The van der Waals surface area contributed by atoms with Gasteiger partial charge in [0.15, 0.2) is 0 Å². The molecule has 0 fully saturated rings. The maximum absolute atomic E-state index is 11.1. The molecule has 0 saturated heterocycles. The number of nitrogens with one attached hydrogen (secondary N) is 2. The lowest BCUT2D eigenvalue weighted by atomic mass is 10.0. The van der Waals surface area contributed by atoms with Crippen molar-refractivity contribution in [2.45, 2.75) is 25.3 Å². The number of benzene rings is 2. The lowest BCUT2D eigenvalue weighted by Gasteiger charge is -2.14. The van der Waals surface area contributed by atoms with Gasteiger partial charge in [0.1, 0.15) is 5.75 Å². The number of carbonyl (C=O) groups excluding carboxylic acids is 1. The Morgan fingerprint density at radius 3 is 3.00 bits per heavy atom. The third-order valence-electron chi connectivity index (χ3n) is 4.72. The van der Waals surface area contributed by atoms with Gasteiger partial charge in [-0.05, 0) is 66.3 Å². The lowest BCUT2D eigenvalue weighted by Crippen LogP contribution is -2.21.